The van der Waals surface area contributed by atoms with Gasteiger partial charge < -0.3 is 9.22 Å². The van der Waals surface area contributed by atoms with Crippen molar-refractivity contribution in [2.75, 3.05) is 33.0 Å². The first-order valence-corrected chi connectivity index (χ1v) is 6.91. The van der Waals surface area contributed by atoms with Gasteiger partial charge in [-0.05, 0) is 12.8 Å². The van der Waals surface area contributed by atoms with Gasteiger partial charge in [0, 0.05) is 12.8 Å². The summed E-state index contributed by atoms with van der Waals surface area (Å²) in [6.45, 7) is 6.73. The average molecular weight is 270 g/mol. The maximum Gasteiger partial charge on any atom is 0.379 e. The van der Waals surface area contributed by atoms with Crippen LogP contribution >= 0.6 is 0 Å². The van der Waals surface area contributed by atoms with Crippen molar-refractivity contribution in [1.29, 1.82) is 0 Å². The summed E-state index contributed by atoms with van der Waals surface area (Å²) in [4.78, 5) is 0. The van der Waals surface area contributed by atoms with Crippen molar-refractivity contribution in [2.24, 2.45) is 0 Å². The second-order valence-electron chi connectivity index (χ2n) is 4.86. The zero-order chi connectivity index (χ0) is 13.9. The van der Waals surface area contributed by atoms with Gasteiger partial charge in [-0.3, -0.25) is 0 Å². The molecule has 1 heterocycles. The molecule has 0 spiro atoms. The van der Waals surface area contributed by atoms with Crippen molar-refractivity contribution in [1.82, 2.24) is 0 Å². The van der Waals surface area contributed by atoms with Crippen LogP contribution in [0.5, 0.6) is 0 Å². The number of rotatable bonds is 7. The number of likely N-dealkylation sites (tertiary alicyclic amines) is 1. The number of alkyl halides is 3. The molecule has 1 aliphatic heterocycles. The third-order valence-electron chi connectivity index (χ3n) is 3.21. The summed E-state index contributed by atoms with van der Waals surface area (Å²) in [6, 6.07) is 0. The van der Waals surface area contributed by atoms with Crippen molar-refractivity contribution < 1.29 is 22.4 Å². The highest BCUT2D eigenvalue weighted by atomic mass is 19.4. The lowest BCUT2D eigenvalue weighted by Crippen LogP contribution is -2.47. The number of ether oxygens (including phenoxy) is 1. The summed E-state index contributed by atoms with van der Waals surface area (Å²) in [5.41, 5.74) is 0. The number of hydrogen-bond donors (Lipinski definition) is 0. The Labute approximate surface area is 109 Å². The van der Waals surface area contributed by atoms with Crippen molar-refractivity contribution in [2.45, 2.75) is 52.6 Å². The molecule has 1 rings (SSSR count). The third-order valence-corrected chi connectivity index (χ3v) is 3.21. The van der Waals surface area contributed by atoms with E-state index >= 15 is 0 Å². The molecule has 0 aliphatic carbocycles. The van der Waals surface area contributed by atoms with Gasteiger partial charge in [-0.2, -0.15) is 13.2 Å². The van der Waals surface area contributed by atoms with E-state index in [0.29, 0.717) is 0 Å². The monoisotopic (exact) mass is 270 g/mol. The summed E-state index contributed by atoms with van der Waals surface area (Å²) in [7, 11) is 0. The minimum absolute atomic E-state index is 0.937. The summed E-state index contributed by atoms with van der Waals surface area (Å²) in [5.74, 6) is 0. The SMILES string of the molecule is CCCC[N+]1(COCCC)CCCC1.FC(F)F. The number of unbranched alkanes of at least 4 members (excludes halogenated alkanes) is 1. The molecule has 1 aliphatic rings. The van der Waals surface area contributed by atoms with E-state index in [1.807, 2.05) is 0 Å². The summed E-state index contributed by atoms with van der Waals surface area (Å²) < 4.78 is 36.0. The number of quaternary nitrogens is 1. The molecular weight excluding hydrogens is 243 g/mol. The molecule has 0 atom stereocenters. The molecule has 0 saturated carbocycles. The Morgan fingerprint density at radius 3 is 2.06 bits per heavy atom. The summed E-state index contributed by atoms with van der Waals surface area (Å²) >= 11 is 0. The highest BCUT2D eigenvalue weighted by molar-refractivity contribution is 4.53. The Balaban J connectivity index is 0.000000631. The van der Waals surface area contributed by atoms with Crippen LogP contribution < -0.4 is 0 Å². The van der Waals surface area contributed by atoms with Gasteiger partial charge in [-0.25, -0.2) is 0 Å². The van der Waals surface area contributed by atoms with Crippen LogP contribution in [0.1, 0.15) is 46.0 Å². The number of halogens is 3. The maximum absolute atomic E-state index is 9.67. The van der Waals surface area contributed by atoms with Crippen LogP contribution in [0.4, 0.5) is 13.2 Å². The van der Waals surface area contributed by atoms with Crippen LogP contribution in [-0.4, -0.2) is 44.1 Å². The molecule has 0 aromatic heterocycles. The van der Waals surface area contributed by atoms with E-state index < -0.39 is 6.68 Å². The Morgan fingerprint density at radius 1 is 1.06 bits per heavy atom. The van der Waals surface area contributed by atoms with Crippen LogP contribution in [0.15, 0.2) is 0 Å². The molecule has 0 aromatic carbocycles. The highest BCUT2D eigenvalue weighted by Gasteiger charge is 2.31. The van der Waals surface area contributed by atoms with E-state index in [1.54, 1.807) is 0 Å². The fraction of sp³-hybridized carbons (Fsp3) is 1.00. The standard InChI is InChI=1S/C12H26NO.CHF3/c1-3-5-8-13(9-6-7-10-13)12-14-11-4-2;2-1(3)4/h3-12H2,1-2H3;1H/q+1;. The average Bonchev–Trinajstić information content (AvgIpc) is 2.75. The normalized spacial score (nSPS) is 17.7. The predicted octanol–water partition coefficient (Wildman–Crippen LogP) is 3.96. The molecule has 0 amide bonds. The molecule has 2 nitrogen and oxygen atoms in total. The first-order valence-electron chi connectivity index (χ1n) is 6.91. The van der Waals surface area contributed by atoms with Crippen LogP contribution in [0, 0.1) is 0 Å². The second kappa shape index (κ2) is 10.6. The molecular formula is C13H27F3NO+. The van der Waals surface area contributed by atoms with Gasteiger partial charge in [0.1, 0.15) is 0 Å². The van der Waals surface area contributed by atoms with E-state index in [-0.39, 0.29) is 0 Å². The van der Waals surface area contributed by atoms with Crippen LogP contribution in [0.3, 0.4) is 0 Å². The smallest absolute Gasteiger partial charge is 0.332 e. The van der Waals surface area contributed by atoms with Crippen molar-refractivity contribution >= 4 is 0 Å². The Hall–Kier alpha value is -0.290. The van der Waals surface area contributed by atoms with Gasteiger partial charge in [-0.15, -0.1) is 0 Å². The lowest BCUT2D eigenvalue weighted by atomic mass is 10.3. The van der Waals surface area contributed by atoms with Gasteiger partial charge in [0.2, 0.25) is 0 Å². The minimum Gasteiger partial charge on any atom is -0.332 e. The first-order chi connectivity index (χ1) is 8.56. The molecule has 0 N–H and O–H groups in total. The van der Waals surface area contributed by atoms with Gasteiger partial charge >= 0.3 is 6.68 Å². The third kappa shape index (κ3) is 8.75. The molecule has 1 saturated heterocycles. The molecule has 110 valence electrons. The lowest BCUT2D eigenvalue weighted by molar-refractivity contribution is -0.935. The van der Waals surface area contributed by atoms with Crippen molar-refractivity contribution in [3.05, 3.63) is 0 Å². The predicted molar refractivity (Wildman–Crippen MR) is 67.2 cm³/mol. The van der Waals surface area contributed by atoms with Gasteiger partial charge in [0.15, 0.2) is 6.73 Å². The molecule has 0 unspecified atom stereocenters. The second-order valence-corrected chi connectivity index (χ2v) is 4.86. The number of nitrogens with zero attached hydrogens (tertiary/aromatic N) is 1. The van der Waals surface area contributed by atoms with E-state index in [1.165, 1.54) is 49.8 Å². The van der Waals surface area contributed by atoms with E-state index in [4.69, 9.17) is 4.74 Å². The van der Waals surface area contributed by atoms with E-state index in [9.17, 15) is 13.2 Å². The molecule has 1 fully saturated rings. The Kier molecular flexibility index (Phi) is 10.4. The van der Waals surface area contributed by atoms with Gasteiger partial charge in [-0.1, -0.05) is 20.3 Å². The summed E-state index contributed by atoms with van der Waals surface area (Å²) in [6.07, 6.45) is 6.62. The quantitative estimate of drug-likeness (QED) is 0.502. The zero-order valence-corrected chi connectivity index (χ0v) is 11.6. The fourth-order valence-electron chi connectivity index (χ4n) is 2.32. The fourth-order valence-corrected chi connectivity index (χ4v) is 2.32. The Bertz CT molecular complexity index is 182. The van der Waals surface area contributed by atoms with Crippen molar-refractivity contribution in [3.63, 3.8) is 0 Å². The van der Waals surface area contributed by atoms with Crippen LogP contribution in [0.2, 0.25) is 0 Å². The van der Waals surface area contributed by atoms with Gasteiger partial charge in [0.05, 0.1) is 26.2 Å². The molecule has 18 heavy (non-hydrogen) atoms. The lowest BCUT2D eigenvalue weighted by Gasteiger charge is -2.33. The largest absolute Gasteiger partial charge is 0.379 e. The Morgan fingerprint density at radius 2 is 1.61 bits per heavy atom. The van der Waals surface area contributed by atoms with E-state index in [0.717, 1.165) is 19.8 Å². The summed E-state index contributed by atoms with van der Waals surface area (Å²) in [5, 5.41) is 0. The van der Waals surface area contributed by atoms with Gasteiger partial charge in [0.25, 0.3) is 0 Å². The zero-order valence-electron chi connectivity index (χ0n) is 11.6. The molecule has 0 radical (unpaired) electrons. The van der Waals surface area contributed by atoms with Crippen molar-refractivity contribution in [3.8, 4) is 0 Å². The molecule has 5 heteroatoms. The first kappa shape index (κ1) is 17.7. The maximum atomic E-state index is 9.67. The van der Waals surface area contributed by atoms with E-state index in [2.05, 4.69) is 13.8 Å². The molecule has 0 aromatic rings. The van der Waals surface area contributed by atoms with Crippen LogP contribution in [0.25, 0.3) is 0 Å². The highest BCUT2D eigenvalue weighted by Crippen LogP contribution is 2.20. The minimum atomic E-state index is -3.67. The molecule has 0 bridgehead atoms. The number of hydrogen-bond acceptors (Lipinski definition) is 1. The topological polar surface area (TPSA) is 9.23 Å². The van der Waals surface area contributed by atoms with Crippen LogP contribution in [-0.2, 0) is 4.74 Å².